The fraction of sp³-hybridized carbons (Fsp3) is 0.438. The Hall–Kier alpha value is -1.81. The van der Waals surface area contributed by atoms with Crippen LogP contribution in [0.25, 0.3) is 0 Å². The fourth-order valence-corrected chi connectivity index (χ4v) is 2.42. The van der Waals surface area contributed by atoms with Gasteiger partial charge in [0.25, 0.3) is 0 Å². The van der Waals surface area contributed by atoms with Crippen LogP contribution in [-0.2, 0) is 13.1 Å². The zero-order valence-electron chi connectivity index (χ0n) is 11.8. The van der Waals surface area contributed by atoms with Gasteiger partial charge in [0.2, 0.25) is 0 Å². The molecule has 1 aliphatic carbocycles. The van der Waals surface area contributed by atoms with Crippen molar-refractivity contribution < 1.29 is 4.79 Å². The van der Waals surface area contributed by atoms with Crippen molar-refractivity contribution in [2.45, 2.75) is 45.2 Å². The van der Waals surface area contributed by atoms with E-state index in [4.69, 9.17) is 5.73 Å². The summed E-state index contributed by atoms with van der Waals surface area (Å²) >= 11 is 0. The van der Waals surface area contributed by atoms with Crippen molar-refractivity contribution in [3.63, 3.8) is 0 Å². The molecule has 0 atom stereocenters. The molecular weight excluding hydrogens is 250 g/mol. The van der Waals surface area contributed by atoms with Gasteiger partial charge in [-0.25, -0.2) is 4.79 Å². The number of urea groups is 1. The lowest BCUT2D eigenvalue weighted by Gasteiger charge is -2.13. The Morgan fingerprint density at radius 3 is 2.70 bits per heavy atom. The molecule has 0 aromatic heterocycles. The van der Waals surface area contributed by atoms with E-state index in [0.29, 0.717) is 13.1 Å². The van der Waals surface area contributed by atoms with Crippen molar-refractivity contribution in [2.24, 2.45) is 5.73 Å². The van der Waals surface area contributed by atoms with Crippen LogP contribution in [0.5, 0.6) is 0 Å². The molecule has 1 aromatic rings. The molecule has 0 heterocycles. The molecule has 4 nitrogen and oxygen atoms in total. The Labute approximate surface area is 120 Å². The maximum atomic E-state index is 11.7. The SMILES string of the molecule is NCc1cccc(CNC(=O)NC=C2CCCCC2)c1. The van der Waals surface area contributed by atoms with Gasteiger partial charge in [0.05, 0.1) is 0 Å². The third-order valence-corrected chi connectivity index (χ3v) is 3.58. The maximum absolute atomic E-state index is 11.7. The Balaban J connectivity index is 1.76. The molecule has 0 bridgehead atoms. The van der Waals surface area contributed by atoms with Crippen LogP contribution in [-0.4, -0.2) is 6.03 Å². The summed E-state index contributed by atoms with van der Waals surface area (Å²) in [5.74, 6) is 0. The van der Waals surface area contributed by atoms with Gasteiger partial charge in [0.15, 0.2) is 0 Å². The molecule has 2 rings (SSSR count). The highest BCUT2D eigenvalue weighted by Gasteiger charge is 2.05. The first-order valence-electron chi connectivity index (χ1n) is 7.28. The quantitative estimate of drug-likeness (QED) is 0.789. The summed E-state index contributed by atoms with van der Waals surface area (Å²) in [7, 11) is 0. The molecule has 0 aliphatic heterocycles. The number of amides is 2. The van der Waals surface area contributed by atoms with E-state index in [1.54, 1.807) is 0 Å². The lowest BCUT2D eigenvalue weighted by atomic mass is 9.96. The van der Waals surface area contributed by atoms with Gasteiger partial charge in [-0.1, -0.05) is 36.3 Å². The zero-order valence-corrected chi connectivity index (χ0v) is 11.8. The summed E-state index contributed by atoms with van der Waals surface area (Å²) in [6.07, 6.45) is 7.87. The molecule has 108 valence electrons. The lowest BCUT2D eigenvalue weighted by Crippen LogP contribution is -2.32. The number of nitrogens with one attached hydrogen (secondary N) is 2. The van der Waals surface area contributed by atoms with E-state index in [2.05, 4.69) is 10.6 Å². The smallest absolute Gasteiger partial charge is 0.319 e. The summed E-state index contributed by atoms with van der Waals surface area (Å²) in [4.78, 5) is 11.7. The third-order valence-electron chi connectivity index (χ3n) is 3.58. The molecule has 20 heavy (non-hydrogen) atoms. The number of hydrogen-bond donors (Lipinski definition) is 3. The molecular formula is C16H23N3O. The monoisotopic (exact) mass is 273 g/mol. The van der Waals surface area contributed by atoms with Crippen molar-refractivity contribution in [1.82, 2.24) is 10.6 Å². The van der Waals surface area contributed by atoms with Crippen LogP contribution in [0.4, 0.5) is 4.79 Å². The van der Waals surface area contributed by atoms with Crippen LogP contribution < -0.4 is 16.4 Å². The summed E-state index contributed by atoms with van der Waals surface area (Å²) in [5.41, 5.74) is 9.08. The first-order chi connectivity index (χ1) is 9.78. The van der Waals surface area contributed by atoms with E-state index in [1.807, 2.05) is 30.5 Å². The van der Waals surface area contributed by atoms with Gasteiger partial charge in [-0.2, -0.15) is 0 Å². The molecule has 1 fully saturated rings. The van der Waals surface area contributed by atoms with Crippen LogP contribution >= 0.6 is 0 Å². The highest BCUT2D eigenvalue weighted by Crippen LogP contribution is 2.21. The van der Waals surface area contributed by atoms with E-state index in [1.165, 1.54) is 24.8 Å². The Morgan fingerprint density at radius 1 is 1.20 bits per heavy atom. The van der Waals surface area contributed by atoms with E-state index in [0.717, 1.165) is 24.0 Å². The molecule has 1 saturated carbocycles. The Bertz CT molecular complexity index is 474. The number of nitrogens with two attached hydrogens (primary N) is 1. The molecule has 1 aromatic carbocycles. The predicted molar refractivity (Wildman–Crippen MR) is 80.9 cm³/mol. The van der Waals surface area contributed by atoms with Gasteiger partial charge in [0.1, 0.15) is 0 Å². The van der Waals surface area contributed by atoms with Gasteiger partial charge >= 0.3 is 6.03 Å². The number of rotatable bonds is 4. The second-order valence-electron chi connectivity index (χ2n) is 5.21. The minimum atomic E-state index is -0.152. The topological polar surface area (TPSA) is 67.1 Å². The summed E-state index contributed by atoms with van der Waals surface area (Å²) < 4.78 is 0. The molecule has 0 spiro atoms. The van der Waals surface area contributed by atoms with E-state index >= 15 is 0 Å². The summed E-state index contributed by atoms with van der Waals surface area (Å²) in [6.45, 7) is 1.04. The average Bonchev–Trinajstić information content (AvgIpc) is 2.52. The highest BCUT2D eigenvalue weighted by molar-refractivity contribution is 5.74. The molecule has 0 unspecified atom stereocenters. The fourth-order valence-electron chi connectivity index (χ4n) is 2.42. The van der Waals surface area contributed by atoms with Gasteiger partial charge in [-0.15, -0.1) is 0 Å². The normalized spacial score (nSPS) is 14.8. The summed E-state index contributed by atoms with van der Waals surface area (Å²) in [6, 6.07) is 7.79. The molecule has 0 radical (unpaired) electrons. The van der Waals surface area contributed by atoms with Crippen molar-refractivity contribution in [3.05, 3.63) is 47.2 Å². The van der Waals surface area contributed by atoms with Crippen molar-refractivity contribution in [2.75, 3.05) is 0 Å². The van der Waals surface area contributed by atoms with Gasteiger partial charge in [-0.3, -0.25) is 0 Å². The van der Waals surface area contributed by atoms with Gasteiger partial charge in [-0.05, 0) is 36.8 Å². The average molecular weight is 273 g/mol. The highest BCUT2D eigenvalue weighted by atomic mass is 16.2. The van der Waals surface area contributed by atoms with Crippen LogP contribution in [0.3, 0.4) is 0 Å². The number of benzene rings is 1. The number of allylic oxidation sites excluding steroid dienone is 1. The first kappa shape index (κ1) is 14.6. The van der Waals surface area contributed by atoms with Crippen molar-refractivity contribution >= 4 is 6.03 Å². The van der Waals surface area contributed by atoms with Gasteiger partial charge < -0.3 is 16.4 Å². The maximum Gasteiger partial charge on any atom is 0.319 e. The molecule has 2 amide bonds. The Kier molecular flexibility index (Phi) is 5.62. The second-order valence-corrected chi connectivity index (χ2v) is 5.21. The summed E-state index contributed by atoms with van der Waals surface area (Å²) in [5, 5.41) is 5.67. The molecule has 4 N–H and O–H groups in total. The minimum Gasteiger partial charge on any atom is -0.334 e. The first-order valence-corrected chi connectivity index (χ1v) is 7.28. The van der Waals surface area contributed by atoms with Crippen LogP contribution in [0.1, 0.15) is 43.2 Å². The lowest BCUT2D eigenvalue weighted by molar-refractivity contribution is 0.243. The largest absolute Gasteiger partial charge is 0.334 e. The molecule has 4 heteroatoms. The van der Waals surface area contributed by atoms with Crippen LogP contribution in [0.15, 0.2) is 36.0 Å². The van der Waals surface area contributed by atoms with E-state index < -0.39 is 0 Å². The van der Waals surface area contributed by atoms with Crippen LogP contribution in [0.2, 0.25) is 0 Å². The number of carbonyl (C=O) groups is 1. The van der Waals surface area contributed by atoms with E-state index in [9.17, 15) is 4.79 Å². The number of hydrogen-bond acceptors (Lipinski definition) is 2. The third kappa shape index (κ3) is 4.70. The standard InChI is InChI=1S/C16H23N3O/c17-10-14-7-4-8-15(9-14)12-19-16(20)18-11-13-5-2-1-3-6-13/h4,7-9,11H,1-3,5-6,10,12,17H2,(H2,18,19,20). The molecule has 1 aliphatic rings. The van der Waals surface area contributed by atoms with Crippen molar-refractivity contribution in [3.8, 4) is 0 Å². The minimum absolute atomic E-state index is 0.152. The molecule has 0 saturated heterocycles. The Morgan fingerprint density at radius 2 is 1.95 bits per heavy atom. The predicted octanol–water partition coefficient (Wildman–Crippen LogP) is 2.79. The van der Waals surface area contributed by atoms with Crippen molar-refractivity contribution in [1.29, 1.82) is 0 Å². The zero-order chi connectivity index (χ0) is 14.2. The van der Waals surface area contributed by atoms with E-state index in [-0.39, 0.29) is 6.03 Å². The van der Waals surface area contributed by atoms with Crippen LogP contribution in [0, 0.1) is 0 Å². The second kappa shape index (κ2) is 7.70. The van der Waals surface area contributed by atoms with Gasteiger partial charge in [0, 0.05) is 19.3 Å². The number of carbonyl (C=O) groups excluding carboxylic acids is 1.